The van der Waals surface area contributed by atoms with Gasteiger partial charge in [-0.1, -0.05) is 74.5 Å². The summed E-state index contributed by atoms with van der Waals surface area (Å²) in [4.78, 5) is 14.9. The molecule has 0 spiro atoms. The topological polar surface area (TPSA) is 32.3 Å². The molecule has 0 aromatic heterocycles. The number of benzene rings is 3. The zero-order valence-electron chi connectivity index (χ0n) is 18.0. The van der Waals surface area contributed by atoms with Gasteiger partial charge in [0.2, 0.25) is 5.91 Å². The number of para-hydroxylation sites is 1. The van der Waals surface area contributed by atoms with Gasteiger partial charge in [0.15, 0.2) is 0 Å². The van der Waals surface area contributed by atoms with Gasteiger partial charge in [0.1, 0.15) is 5.82 Å². The number of hydrogen-bond donors (Lipinski definition) is 1. The normalized spacial score (nSPS) is 12.2. The molecule has 0 bridgehead atoms. The largest absolute Gasteiger partial charge is 0.324 e. The van der Waals surface area contributed by atoms with E-state index >= 15 is 0 Å². The zero-order valence-corrected chi connectivity index (χ0v) is 18.0. The van der Waals surface area contributed by atoms with E-state index in [4.69, 9.17) is 0 Å². The highest BCUT2D eigenvalue weighted by Crippen LogP contribution is 2.29. The first-order chi connectivity index (χ1) is 14.4. The summed E-state index contributed by atoms with van der Waals surface area (Å²) in [6.07, 6.45) is 0. The molecule has 3 aromatic rings. The fraction of sp³-hybridized carbons (Fsp3) is 0.269. The molecule has 1 atom stereocenters. The Bertz CT molecular complexity index is 984. The summed E-state index contributed by atoms with van der Waals surface area (Å²) in [5.41, 5.74) is 5.07. The molecule has 3 nitrogen and oxygen atoms in total. The number of likely N-dealkylation sites (N-methyl/N-ethyl adjacent to an activating group) is 1. The lowest BCUT2D eigenvalue weighted by atomic mass is 9.97. The summed E-state index contributed by atoms with van der Waals surface area (Å²) in [7, 11) is 1.92. The molecule has 0 aliphatic heterocycles. The number of nitrogens with zero attached hydrogens (tertiary/aromatic N) is 1. The van der Waals surface area contributed by atoms with Crippen molar-refractivity contribution < 1.29 is 9.18 Å². The summed E-state index contributed by atoms with van der Waals surface area (Å²) in [6.45, 7) is 6.46. The standard InChI is InChI=1S/C26H29FN2O/c1-18(2)23-12-8-9-19(3)25(23)28-24(30)17-29(4)26(20-10-6-5-7-11-20)21-13-15-22(27)16-14-21/h5-16,18,26H,17H2,1-4H3,(H,28,30). The lowest BCUT2D eigenvalue weighted by Gasteiger charge is -2.29. The fourth-order valence-electron chi connectivity index (χ4n) is 3.82. The van der Waals surface area contributed by atoms with Crippen molar-refractivity contribution in [2.45, 2.75) is 32.7 Å². The van der Waals surface area contributed by atoms with E-state index in [0.717, 1.165) is 27.9 Å². The van der Waals surface area contributed by atoms with Crippen LogP contribution in [0.25, 0.3) is 0 Å². The molecule has 0 saturated heterocycles. The number of carbonyl (C=O) groups excluding carboxylic acids is 1. The van der Waals surface area contributed by atoms with Gasteiger partial charge < -0.3 is 5.32 Å². The van der Waals surface area contributed by atoms with E-state index in [1.807, 2.05) is 61.3 Å². The number of hydrogen-bond acceptors (Lipinski definition) is 2. The van der Waals surface area contributed by atoms with E-state index in [9.17, 15) is 9.18 Å². The number of carbonyl (C=O) groups is 1. The second-order valence-electron chi connectivity index (χ2n) is 8.02. The number of amides is 1. The molecule has 156 valence electrons. The molecule has 0 heterocycles. The van der Waals surface area contributed by atoms with Gasteiger partial charge >= 0.3 is 0 Å². The van der Waals surface area contributed by atoms with E-state index in [1.165, 1.54) is 12.1 Å². The van der Waals surface area contributed by atoms with E-state index < -0.39 is 0 Å². The Morgan fingerprint density at radius 3 is 2.20 bits per heavy atom. The minimum Gasteiger partial charge on any atom is -0.324 e. The maximum absolute atomic E-state index is 13.5. The Morgan fingerprint density at radius 2 is 1.57 bits per heavy atom. The van der Waals surface area contributed by atoms with E-state index in [-0.39, 0.29) is 24.3 Å². The average Bonchev–Trinajstić information content (AvgIpc) is 2.71. The molecule has 4 heteroatoms. The van der Waals surface area contributed by atoms with Crippen LogP contribution in [-0.2, 0) is 4.79 Å². The minimum absolute atomic E-state index is 0.0725. The summed E-state index contributed by atoms with van der Waals surface area (Å²) in [5, 5.41) is 3.12. The van der Waals surface area contributed by atoms with Crippen LogP contribution in [0.3, 0.4) is 0 Å². The molecule has 3 rings (SSSR count). The van der Waals surface area contributed by atoms with Crippen molar-refractivity contribution in [1.82, 2.24) is 4.90 Å². The predicted octanol–water partition coefficient (Wildman–Crippen LogP) is 5.92. The van der Waals surface area contributed by atoms with Crippen LogP contribution < -0.4 is 5.32 Å². The molecule has 3 aromatic carbocycles. The quantitative estimate of drug-likeness (QED) is 0.530. The Balaban J connectivity index is 1.84. The highest BCUT2D eigenvalue weighted by Gasteiger charge is 2.22. The Labute approximate surface area is 178 Å². The molecule has 1 amide bonds. The number of rotatable bonds is 7. The first-order valence-electron chi connectivity index (χ1n) is 10.3. The third-order valence-electron chi connectivity index (χ3n) is 5.33. The first-order valence-corrected chi connectivity index (χ1v) is 10.3. The zero-order chi connectivity index (χ0) is 21.7. The third-order valence-corrected chi connectivity index (χ3v) is 5.33. The maximum Gasteiger partial charge on any atom is 0.238 e. The minimum atomic E-state index is -0.272. The van der Waals surface area contributed by atoms with Gasteiger partial charge in [-0.15, -0.1) is 0 Å². The van der Waals surface area contributed by atoms with Gasteiger partial charge in [0.05, 0.1) is 12.6 Å². The van der Waals surface area contributed by atoms with Crippen LogP contribution in [0.1, 0.15) is 48.1 Å². The van der Waals surface area contributed by atoms with Gasteiger partial charge in [-0.3, -0.25) is 9.69 Å². The summed E-state index contributed by atoms with van der Waals surface area (Å²) >= 11 is 0. The Hall–Kier alpha value is -2.98. The molecule has 0 aliphatic rings. The van der Waals surface area contributed by atoms with Crippen LogP contribution in [0.2, 0.25) is 0 Å². The van der Waals surface area contributed by atoms with Gasteiger partial charge in [0, 0.05) is 5.69 Å². The molecule has 1 N–H and O–H groups in total. The summed E-state index contributed by atoms with van der Waals surface area (Å²) in [5.74, 6) is -0.0299. The first kappa shape index (κ1) is 21.7. The van der Waals surface area contributed by atoms with Crippen LogP contribution in [0, 0.1) is 12.7 Å². The molecule has 0 aliphatic carbocycles. The van der Waals surface area contributed by atoms with Crippen molar-refractivity contribution in [3.63, 3.8) is 0 Å². The van der Waals surface area contributed by atoms with Crippen molar-refractivity contribution in [1.29, 1.82) is 0 Å². The molecule has 0 radical (unpaired) electrons. The van der Waals surface area contributed by atoms with Crippen molar-refractivity contribution in [3.05, 3.63) is 101 Å². The molecule has 0 fully saturated rings. The SMILES string of the molecule is Cc1cccc(C(C)C)c1NC(=O)CN(C)C(c1ccccc1)c1ccc(F)cc1. The number of nitrogens with one attached hydrogen (secondary N) is 1. The Morgan fingerprint density at radius 1 is 0.933 bits per heavy atom. The highest BCUT2D eigenvalue weighted by molar-refractivity contribution is 5.94. The summed E-state index contributed by atoms with van der Waals surface area (Å²) < 4.78 is 13.5. The molecular formula is C26H29FN2O. The van der Waals surface area contributed by atoms with E-state index in [2.05, 4.69) is 25.2 Å². The van der Waals surface area contributed by atoms with Crippen molar-refractivity contribution in [2.75, 3.05) is 18.9 Å². The maximum atomic E-state index is 13.5. The van der Waals surface area contributed by atoms with Crippen molar-refractivity contribution >= 4 is 11.6 Å². The average molecular weight is 405 g/mol. The van der Waals surface area contributed by atoms with Crippen LogP contribution in [0.4, 0.5) is 10.1 Å². The fourth-order valence-corrected chi connectivity index (χ4v) is 3.82. The number of aryl methyl sites for hydroxylation is 1. The van der Waals surface area contributed by atoms with Crippen LogP contribution >= 0.6 is 0 Å². The smallest absolute Gasteiger partial charge is 0.238 e. The lowest BCUT2D eigenvalue weighted by Crippen LogP contribution is -2.34. The van der Waals surface area contributed by atoms with E-state index in [1.54, 1.807) is 12.1 Å². The lowest BCUT2D eigenvalue weighted by molar-refractivity contribution is -0.117. The molecule has 1 unspecified atom stereocenters. The molecule has 0 saturated carbocycles. The summed E-state index contributed by atoms with van der Waals surface area (Å²) in [6, 6.07) is 22.4. The number of halogens is 1. The van der Waals surface area contributed by atoms with Crippen LogP contribution in [0.5, 0.6) is 0 Å². The van der Waals surface area contributed by atoms with Gasteiger partial charge in [0.25, 0.3) is 0 Å². The number of anilines is 1. The second-order valence-corrected chi connectivity index (χ2v) is 8.02. The van der Waals surface area contributed by atoms with Crippen molar-refractivity contribution in [2.24, 2.45) is 0 Å². The van der Waals surface area contributed by atoms with Crippen LogP contribution in [-0.4, -0.2) is 24.4 Å². The molecular weight excluding hydrogens is 375 g/mol. The molecule has 30 heavy (non-hydrogen) atoms. The van der Waals surface area contributed by atoms with Gasteiger partial charge in [-0.05, 0) is 54.3 Å². The Kier molecular flexibility index (Phi) is 7.01. The van der Waals surface area contributed by atoms with E-state index in [0.29, 0.717) is 5.92 Å². The third kappa shape index (κ3) is 5.14. The van der Waals surface area contributed by atoms with Crippen molar-refractivity contribution in [3.8, 4) is 0 Å². The van der Waals surface area contributed by atoms with Gasteiger partial charge in [-0.25, -0.2) is 4.39 Å². The van der Waals surface area contributed by atoms with Crippen LogP contribution in [0.15, 0.2) is 72.8 Å². The second kappa shape index (κ2) is 9.68. The monoisotopic (exact) mass is 404 g/mol. The van der Waals surface area contributed by atoms with Gasteiger partial charge in [-0.2, -0.15) is 0 Å². The predicted molar refractivity (Wildman–Crippen MR) is 121 cm³/mol. The highest BCUT2D eigenvalue weighted by atomic mass is 19.1.